The van der Waals surface area contributed by atoms with E-state index in [1.165, 1.54) is 12.6 Å². The molecule has 0 unspecified atom stereocenters. The first kappa shape index (κ1) is 15.8. The van der Waals surface area contributed by atoms with E-state index in [-0.39, 0.29) is 1.43 Å². The fourth-order valence-corrected chi connectivity index (χ4v) is 0.787. The van der Waals surface area contributed by atoms with Crippen molar-refractivity contribution in [2.45, 2.75) is 33.1 Å². The Labute approximate surface area is 102 Å². The number of rotatable bonds is 4. The summed E-state index contributed by atoms with van der Waals surface area (Å²) in [5.74, 6) is -2.66. The number of nitrogens with zero attached hydrogens (tertiary/aromatic N) is 1. The van der Waals surface area contributed by atoms with Crippen LogP contribution in [0.4, 0.5) is 8.78 Å². The molecule has 0 spiro atoms. The lowest BCUT2D eigenvalue weighted by Gasteiger charge is -2.14. The highest BCUT2D eigenvalue weighted by molar-refractivity contribution is 5.19. The first-order valence-corrected chi connectivity index (χ1v) is 5.58. The zero-order valence-corrected chi connectivity index (χ0v) is 10.5. The Bertz CT molecular complexity index is 307. The van der Waals surface area contributed by atoms with Crippen LogP contribution in [0.1, 0.15) is 27.4 Å². The van der Waals surface area contributed by atoms with Crippen LogP contribution in [0, 0.1) is 6.92 Å². The molecule has 2 N–H and O–H groups in total. The summed E-state index contributed by atoms with van der Waals surface area (Å²) in [6, 6.07) is 3.28. The van der Waals surface area contributed by atoms with Gasteiger partial charge in [-0.1, -0.05) is 20.3 Å². The van der Waals surface area contributed by atoms with Crippen LogP contribution in [0.25, 0.3) is 0 Å². The van der Waals surface area contributed by atoms with E-state index in [1.807, 2.05) is 0 Å². The SMILES string of the molecule is CCC.Cc1ccc(OCC(F)(F)CN)cn1.[HH]. The Morgan fingerprint density at radius 2 is 2.00 bits per heavy atom. The number of aryl methyl sites for hydroxylation is 1. The van der Waals surface area contributed by atoms with E-state index in [2.05, 4.69) is 18.8 Å². The highest BCUT2D eigenvalue weighted by Gasteiger charge is 2.27. The molecule has 0 fully saturated rings. The van der Waals surface area contributed by atoms with Gasteiger partial charge in [0, 0.05) is 7.12 Å². The predicted molar refractivity (Wildman–Crippen MR) is 66.5 cm³/mol. The number of ether oxygens (including phenoxy) is 1. The third-order valence-corrected chi connectivity index (χ3v) is 1.63. The van der Waals surface area contributed by atoms with E-state index in [9.17, 15) is 8.78 Å². The zero-order valence-electron chi connectivity index (χ0n) is 10.5. The van der Waals surface area contributed by atoms with Crippen molar-refractivity contribution < 1.29 is 14.9 Å². The third-order valence-electron chi connectivity index (χ3n) is 1.63. The molecule has 17 heavy (non-hydrogen) atoms. The van der Waals surface area contributed by atoms with Crippen molar-refractivity contribution in [3.05, 3.63) is 24.0 Å². The van der Waals surface area contributed by atoms with Gasteiger partial charge in [0.15, 0.2) is 6.61 Å². The summed E-state index contributed by atoms with van der Waals surface area (Å²) in [5, 5.41) is 0. The number of pyridine rings is 1. The van der Waals surface area contributed by atoms with Crippen molar-refractivity contribution in [3.8, 4) is 5.75 Å². The second-order valence-corrected chi connectivity index (χ2v) is 3.69. The van der Waals surface area contributed by atoms with Gasteiger partial charge in [-0.2, -0.15) is 0 Å². The lowest BCUT2D eigenvalue weighted by Crippen LogP contribution is -2.34. The van der Waals surface area contributed by atoms with Gasteiger partial charge in [0.1, 0.15) is 5.75 Å². The van der Waals surface area contributed by atoms with Gasteiger partial charge in [0.25, 0.3) is 5.92 Å². The molecule has 1 rings (SSSR count). The van der Waals surface area contributed by atoms with Gasteiger partial charge in [-0.3, -0.25) is 4.98 Å². The highest BCUT2D eigenvalue weighted by atomic mass is 19.3. The molecule has 1 heterocycles. The van der Waals surface area contributed by atoms with Crippen molar-refractivity contribution in [1.82, 2.24) is 4.98 Å². The molecule has 0 saturated heterocycles. The van der Waals surface area contributed by atoms with E-state index in [0.717, 1.165) is 5.69 Å². The normalized spacial score (nSPS) is 10.5. The van der Waals surface area contributed by atoms with Gasteiger partial charge < -0.3 is 10.5 Å². The lowest BCUT2D eigenvalue weighted by molar-refractivity contribution is -0.0320. The first-order valence-electron chi connectivity index (χ1n) is 5.58. The second kappa shape index (κ2) is 7.95. The highest BCUT2D eigenvalue weighted by Crippen LogP contribution is 2.15. The summed E-state index contributed by atoms with van der Waals surface area (Å²) in [7, 11) is 0. The Kier molecular flexibility index (Phi) is 7.37. The standard InChI is InChI=1S/C9H12F2N2O.C3H8.H2/c1-7-2-3-8(4-13-7)14-6-9(10,11)5-12;1-3-2;/h2-4H,5-6,12H2,1H3;3H2,1-2H3;1H. The largest absolute Gasteiger partial charge is 0.486 e. The maximum atomic E-state index is 12.6. The average Bonchev–Trinajstić information content (AvgIpc) is 2.30. The van der Waals surface area contributed by atoms with Crippen LogP contribution in [0.3, 0.4) is 0 Å². The lowest BCUT2D eigenvalue weighted by atomic mass is 10.3. The van der Waals surface area contributed by atoms with Crippen LogP contribution >= 0.6 is 0 Å². The molecule has 0 aliphatic rings. The van der Waals surface area contributed by atoms with E-state index < -0.39 is 19.1 Å². The maximum absolute atomic E-state index is 12.6. The minimum Gasteiger partial charge on any atom is -0.486 e. The molecular formula is C12H22F2N2O. The van der Waals surface area contributed by atoms with E-state index >= 15 is 0 Å². The minimum atomic E-state index is -2.98. The maximum Gasteiger partial charge on any atom is 0.293 e. The summed E-state index contributed by atoms with van der Waals surface area (Å²) in [4.78, 5) is 3.90. The van der Waals surface area contributed by atoms with Crippen LogP contribution in [0.5, 0.6) is 5.75 Å². The van der Waals surface area contributed by atoms with Crippen molar-refractivity contribution >= 4 is 0 Å². The van der Waals surface area contributed by atoms with Gasteiger partial charge in [0.2, 0.25) is 0 Å². The van der Waals surface area contributed by atoms with E-state index in [1.54, 1.807) is 19.1 Å². The topological polar surface area (TPSA) is 48.1 Å². The Hall–Kier alpha value is -1.23. The van der Waals surface area contributed by atoms with Crippen LogP contribution in [0.2, 0.25) is 0 Å². The van der Waals surface area contributed by atoms with Crippen LogP contribution < -0.4 is 10.5 Å². The molecule has 3 nitrogen and oxygen atoms in total. The Balaban J connectivity index is 0. The molecule has 0 saturated carbocycles. The molecule has 1 aromatic rings. The predicted octanol–water partition coefficient (Wildman–Crippen LogP) is 3.03. The molecule has 100 valence electrons. The molecule has 0 aromatic carbocycles. The molecule has 0 radical (unpaired) electrons. The summed E-state index contributed by atoms with van der Waals surface area (Å²) in [5.41, 5.74) is 5.66. The molecule has 0 amide bonds. The minimum absolute atomic E-state index is 0. The second-order valence-electron chi connectivity index (χ2n) is 3.69. The number of aromatic nitrogens is 1. The zero-order chi connectivity index (χ0) is 13.3. The van der Waals surface area contributed by atoms with Gasteiger partial charge in [-0.15, -0.1) is 0 Å². The fourth-order valence-electron chi connectivity index (χ4n) is 0.787. The monoisotopic (exact) mass is 248 g/mol. The Morgan fingerprint density at radius 3 is 2.41 bits per heavy atom. The molecule has 0 aliphatic heterocycles. The average molecular weight is 248 g/mol. The summed E-state index contributed by atoms with van der Waals surface area (Å²) in [6.45, 7) is 4.62. The number of nitrogens with two attached hydrogens (primary N) is 1. The fraction of sp³-hybridized carbons (Fsp3) is 0.583. The van der Waals surface area contributed by atoms with Crippen LogP contribution in [-0.2, 0) is 0 Å². The first-order chi connectivity index (χ1) is 7.95. The van der Waals surface area contributed by atoms with Gasteiger partial charge >= 0.3 is 0 Å². The Morgan fingerprint density at radius 1 is 1.41 bits per heavy atom. The third kappa shape index (κ3) is 7.63. The number of hydrogen-bond donors (Lipinski definition) is 1. The molecule has 0 aliphatic carbocycles. The number of alkyl halides is 2. The molecule has 1 aromatic heterocycles. The van der Waals surface area contributed by atoms with Crippen molar-refractivity contribution in [1.29, 1.82) is 0 Å². The van der Waals surface area contributed by atoms with E-state index in [0.29, 0.717) is 5.75 Å². The summed E-state index contributed by atoms with van der Waals surface area (Å²) in [6.07, 6.45) is 2.65. The molecule has 0 atom stereocenters. The van der Waals surface area contributed by atoms with E-state index in [4.69, 9.17) is 10.5 Å². The number of hydrogen-bond acceptors (Lipinski definition) is 3. The molecular weight excluding hydrogens is 226 g/mol. The van der Waals surface area contributed by atoms with Gasteiger partial charge in [-0.05, 0) is 19.1 Å². The van der Waals surface area contributed by atoms with Crippen LogP contribution in [0.15, 0.2) is 18.3 Å². The summed E-state index contributed by atoms with van der Waals surface area (Å²) < 4.78 is 30.1. The molecule has 5 heteroatoms. The van der Waals surface area contributed by atoms with Crippen molar-refractivity contribution in [2.24, 2.45) is 5.73 Å². The van der Waals surface area contributed by atoms with Crippen molar-refractivity contribution in [2.75, 3.05) is 13.2 Å². The van der Waals surface area contributed by atoms with Crippen LogP contribution in [-0.4, -0.2) is 24.1 Å². The van der Waals surface area contributed by atoms with Crippen molar-refractivity contribution in [3.63, 3.8) is 0 Å². The smallest absolute Gasteiger partial charge is 0.293 e. The molecule has 0 bridgehead atoms. The van der Waals surface area contributed by atoms with Gasteiger partial charge in [0.05, 0.1) is 12.7 Å². The number of halogens is 2. The quantitative estimate of drug-likeness (QED) is 0.891. The summed E-state index contributed by atoms with van der Waals surface area (Å²) >= 11 is 0. The van der Waals surface area contributed by atoms with Gasteiger partial charge in [-0.25, -0.2) is 8.78 Å².